The fourth-order valence-corrected chi connectivity index (χ4v) is 4.28. The number of benzene rings is 1. The molecule has 7 nitrogen and oxygen atoms in total. The van der Waals surface area contributed by atoms with E-state index in [0.717, 1.165) is 12.0 Å². The zero-order chi connectivity index (χ0) is 29.4. The molecule has 1 atom stereocenters. The van der Waals surface area contributed by atoms with E-state index in [4.69, 9.17) is 9.15 Å². The summed E-state index contributed by atoms with van der Waals surface area (Å²) in [6.45, 7) is 3.87. The first kappa shape index (κ1) is 29.5. The minimum Gasteiger partial charge on any atom is -0.467 e. The molecule has 39 heavy (non-hydrogen) atoms. The van der Waals surface area contributed by atoms with Crippen molar-refractivity contribution in [3.8, 4) is 0 Å². The molecule has 2 aromatic heterocycles. The standard InChI is InChI=1S/C26H24F6N2O5/c1-13-20(14(2)33(4)21(13)24(37)38-5)22(35)15(3)34(12-19-7-6-8-39-19)23(36)16-9-17(25(27,28)29)11-18(10-16)26(30,31)32/h6-11,15H,12H2,1-5H3. The molecule has 0 aliphatic heterocycles. The Morgan fingerprint density at radius 1 is 1.03 bits per heavy atom. The number of nitrogens with zero attached hydrogens (tertiary/aromatic N) is 2. The number of Topliss-reactive ketones (excluding diaryl/α,β-unsaturated/α-hetero) is 1. The molecule has 1 unspecified atom stereocenters. The minimum atomic E-state index is -5.17. The van der Waals surface area contributed by atoms with E-state index in [2.05, 4.69) is 0 Å². The average molecular weight is 558 g/mol. The van der Waals surface area contributed by atoms with Crippen LogP contribution in [0.15, 0.2) is 41.0 Å². The number of carbonyl (C=O) groups excluding carboxylic acids is 3. The van der Waals surface area contributed by atoms with Crippen molar-refractivity contribution in [2.75, 3.05) is 7.11 Å². The largest absolute Gasteiger partial charge is 0.467 e. The van der Waals surface area contributed by atoms with E-state index in [1.807, 2.05) is 0 Å². The third-order valence-corrected chi connectivity index (χ3v) is 6.40. The SMILES string of the molecule is COC(=O)c1c(C)c(C(=O)C(C)N(Cc2ccco2)C(=O)c2cc(C(F)(F)F)cc(C(F)(F)F)c2)c(C)n1C. The van der Waals surface area contributed by atoms with Crippen LogP contribution in [0.5, 0.6) is 0 Å². The summed E-state index contributed by atoms with van der Waals surface area (Å²) in [5.74, 6) is -2.55. The summed E-state index contributed by atoms with van der Waals surface area (Å²) >= 11 is 0. The number of amides is 1. The van der Waals surface area contributed by atoms with Crippen LogP contribution in [0.25, 0.3) is 0 Å². The quantitative estimate of drug-likeness (QED) is 0.203. The van der Waals surface area contributed by atoms with Crippen molar-refractivity contribution >= 4 is 17.7 Å². The van der Waals surface area contributed by atoms with Crippen molar-refractivity contribution in [1.82, 2.24) is 9.47 Å². The fourth-order valence-electron chi connectivity index (χ4n) is 4.28. The molecule has 0 aliphatic carbocycles. The number of ether oxygens (including phenoxy) is 1. The van der Waals surface area contributed by atoms with Crippen LogP contribution in [0.3, 0.4) is 0 Å². The number of aromatic nitrogens is 1. The Labute approximate surface area is 218 Å². The summed E-state index contributed by atoms with van der Waals surface area (Å²) in [5, 5.41) is 0. The van der Waals surface area contributed by atoms with Crippen LogP contribution in [0, 0.1) is 13.8 Å². The Morgan fingerprint density at radius 3 is 2.05 bits per heavy atom. The van der Waals surface area contributed by atoms with Gasteiger partial charge in [0.15, 0.2) is 5.78 Å². The van der Waals surface area contributed by atoms with Crippen molar-refractivity contribution in [2.45, 2.75) is 45.7 Å². The molecule has 1 amide bonds. The smallest absolute Gasteiger partial charge is 0.416 e. The van der Waals surface area contributed by atoms with Gasteiger partial charge in [-0.15, -0.1) is 0 Å². The maximum absolute atomic E-state index is 13.7. The Bertz CT molecular complexity index is 1370. The van der Waals surface area contributed by atoms with Gasteiger partial charge in [0.1, 0.15) is 11.5 Å². The van der Waals surface area contributed by atoms with Crippen LogP contribution in [0.2, 0.25) is 0 Å². The normalized spacial score (nSPS) is 12.8. The average Bonchev–Trinajstić information content (AvgIpc) is 3.45. The second-order valence-corrected chi connectivity index (χ2v) is 8.83. The monoisotopic (exact) mass is 558 g/mol. The van der Waals surface area contributed by atoms with Gasteiger partial charge < -0.3 is 18.6 Å². The molecule has 0 aliphatic rings. The molecule has 0 saturated carbocycles. The van der Waals surface area contributed by atoms with Crippen LogP contribution < -0.4 is 0 Å². The number of carbonyl (C=O) groups is 3. The van der Waals surface area contributed by atoms with Crippen molar-refractivity contribution in [2.24, 2.45) is 7.05 Å². The molecule has 1 aromatic carbocycles. The number of halogens is 6. The summed E-state index contributed by atoms with van der Waals surface area (Å²) < 4.78 is 92.0. The molecule has 3 aromatic rings. The first-order valence-electron chi connectivity index (χ1n) is 11.4. The molecule has 2 heterocycles. The van der Waals surface area contributed by atoms with Gasteiger partial charge in [-0.2, -0.15) is 26.3 Å². The Morgan fingerprint density at radius 2 is 1.59 bits per heavy atom. The van der Waals surface area contributed by atoms with E-state index in [9.17, 15) is 40.7 Å². The predicted octanol–water partition coefficient (Wildman–Crippen LogP) is 5.97. The molecular weight excluding hydrogens is 534 g/mol. The lowest BCUT2D eigenvalue weighted by molar-refractivity contribution is -0.143. The zero-order valence-electron chi connectivity index (χ0n) is 21.5. The summed E-state index contributed by atoms with van der Waals surface area (Å²) in [5.41, 5.74) is -3.55. The number of hydrogen-bond acceptors (Lipinski definition) is 5. The maximum atomic E-state index is 13.7. The number of ketones is 1. The molecule has 3 rings (SSSR count). The summed E-state index contributed by atoms with van der Waals surface area (Å²) in [6, 6.07) is 2.02. The van der Waals surface area contributed by atoms with Crippen LogP contribution in [-0.4, -0.2) is 40.3 Å². The first-order chi connectivity index (χ1) is 18.0. The summed E-state index contributed by atoms with van der Waals surface area (Å²) in [7, 11) is 2.67. The van der Waals surface area contributed by atoms with Gasteiger partial charge in [-0.3, -0.25) is 9.59 Å². The number of alkyl halides is 6. The molecule has 13 heteroatoms. The van der Waals surface area contributed by atoms with E-state index in [1.165, 1.54) is 43.9 Å². The third kappa shape index (κ3) is 5.86. The number of esters is 1. The number of furan rings is 1. The van der Waals surface area contributed by atoms with Gasteiger partial charge in [0.25, 0.3) is 5.91 Å². The van der Waals surface area contributed by atoms with Gasteiger partial charge in [0.2, 0.25) is 0 Å². The van der Waals surface area contributed by atoms with E-state index < -0.39 is 59.3 Å². The predicted molar refractivity (Wildman–Crippen MR) is 125 cm³/mol. The van der Waals surface area contributed by atoms with Crippen LogP contribution in [0.4, 0.5) is 26.3 Å². The third-order valence-electron chi connectivity index (χ3n) is 6.40. The molecule has 0 fully saturated rings. The highest BCUT2D eigenvalue weighted by molar-refractivity contribution is 6.07. The lowest BCUT2D eigenvalue weighted by Crippen LogP contribution is -2.43. The zero-order valence-corrected chi connectivity index (χ0v) is 21.5. The highest BCUT2D eigenvalue weighted by Crippen LogP contribution is 2.37. The Balaban J connectivity index is 2.14. The van der Waals surface area contributed by atoms with Gasteiger partial charge in [-0.25, -0.2) is 4.79 Å². The topological polar surface area (TPSA) is 81.8 Å². The van der Waals surface area contributed by atoms with Gasteiger partial charge in [-0.1, -0.05) is 0 Å². The van der Waals surface area contributed by atoms with E-state index in [-0.39, 0.29) is 28.6 Å². The van der Waals surface area contributed by atoms with Crippen LogP contribution >= 0.6 is 0 Å². The van der Waals surface area contributed by atoms with Crippen LogP contribution in [-0.2, 0) is 30.7 Å². The number of rotatable bonds is 7. The highest BCUT2D eigenvalue weighted by Gasteiger charge is 2.39. The molecule has 0 N–H and O–H groups in total. The fraction of sp³-hybridized carbons (Fsp3) is 0.346. The van der Waals surface area contributed by atoms with E-state index >= 15 is 0 Å². The van der Waals surface area contributed by atoms with Gasteiger partial charge in [0, 0.05) is 23.9 Å². The maximum Gasteiger partial charge on any atom is 0.416 e. The Hall–Kier alpha value is -4.03. The minimum absolute atomic E-state index is 0.0580. The molecular formula is C26H24F6N2O5. The second-order valence-electron chi connectivity index (χ2n) is 8.83. The highest BCUT2D eigenvalue weighted by atomic mass is 19.4. The molecule has 0 saturated heterocycles. The number of methoxy groups -OCH3 is 1. The van der Waals surface area contributed by atoms with E-state index in [0.29, 0.717) is 17.8 Å². The lowest BCUT2D eigenvalue weighted by atomic mass is 9.98. The summed E-state index contributed by atoms with van der Waals surface area (Å²) in [6.07, 6.45) is -9.09. The molecule has 0 spiro atoms. The second kappa shape index (κ2) is 10.6. The van der Waals surface area contributed by atoms with Gasteiger partial charge in [0.05, 0.1) is 37.1 Å². The number of hydrogen-bond donors (Lipinski definition) is 0. The van der Waals surface area contributed by atoms with Crippen LogP contribution in [0.1, 0.15) is 66.3 Å². The van der Waals surface area contributed by atoms with Crippen molar-refractivity contribution < 1.29 is 49.9 Å². The van der Waals surface area contributed by atoms with Crippen molar-refractivity contribution in [1.29, 1.82) is 0 Å². The van der Waals surface area contributed by atoms with E-state index in [1.54, 1.807) is 6.92 Å². The van der Waals surface area contributed by atoms with Crippen molar-refractivity contribution in [3.05, 3.63) is 81.6 Å². The van der Waals surface area contributed by atoms with Crippen molar-refractivity contribution in [3.63, 3.8) is 0 Å². The first-order valence-corrected chi connectivity index (χ1v) is 11.4. The molecule has 0 radical (unpaired) electrons. The summed E-state index contributed by atoms with van der Waals surface area (Å²) in [4.78, 5) is 40.3. The molecule has 210 valence electrons. The van der Waals surface area contributed by atoms with Gasteiger partial charge >= 0.3 is 18.3 Å². The lowest BCUT2D eigenvalue weighted by Gasteiger charge is -2.28. The van der Waals surface area contributed by atoms with Gasteiger partial charge in [-0.05, 0) is 56.7 Å². The Kier molecular flexibility index (Phi) is 8.04. The molecule has 0 bridgehead atoms.